The van der Waals surface area contributed by atoms with Gasteiger partial charge in [-0.2, -0.15) is 0 Å². The number of nitrogens with zero attached hydrogens (tertiary/aromatic N) is 3. The summed E-state index contributed by atoms with van der Waals surface area (Å²) in [5.41, 5.74) is 2.57. The Morgan fingerprint density at radius 3 is 2.45 bits per heavy atom. The van der Waals surface area contributed by atoms with Crippen LogP contribution in [0.2, 0.25) is 0 Å². The fourth-order valence-corrected chi connectivity index (χ4v) is 5.14. The fourth-order valence-electron chi connectivity index (χ4n) is 5.14. The van der Waals surface area contributed by atoms with Gasteiger partial charge >= 0.3 is 0 Å². The van der Waals surface area contributed by atoms with Crippen molar-refractivity contribution in [3.63, 3.8) is 0 Å². The molecule has 1 amide bonds. The van der Waals surface area contributed by atoms with Gasteiger partial charge in [0.15, 0.2) is 0 Å². The van der Waals surface area contributed by atoms with E-state index in [1.807, 2.05) is 55.1 Å². The summed E-state index contributed by atoms with van der Waals surface area (Å²) in [5, 5.41) is 0.587. The van der Waals surface area contributed by atoms with Crippen molar-refractivity contribution in [3.05, 3.63) is 70.3 Å². The van der Waals surface area contributed by atoms with Crippen LogP contribution in [-0.4, -0.2) is 26.9 Å². The van der Waals surface area contributed by atoms with E-state index in [4.69, 9.17) is 4.98 Å². The summed E-state index contributed by atoms with van der Waals surface area (Å²) in [7, 11) is 0. The minimum atomic E-state index is -0.311. The van der Waals surface area contributed by atoms with Gasteiger partial charge in [0, 0.05) is 13.0 Å². The van der Waals surface area contributed by atoms with Gasteiger partial charge in [0.2, 0.25) is 5.91 Å². The first-order chi connectivity index (χ1) is 16.0. The lowest BCUT2D eigenvalue weighted by atomic mass is 10.0. The number of aryl methyl sites for hydroxylation is 1. The van der Waals surface area contributed by atoms with Crippen LogP contribution in [0, 0.1) is 5.92 Å². The van der Waals surface area contributed by atoms with Gasteiger partial charge in [-0.25, -0.2) is 4.98 Å². The lowest BCUT2D eigenvalue weighted by molar-refractivity contribution is -0.133. The van der Waals surface area contributed by atoms with Crippen molar-refractivity contribution in [3.8, 4) is 5.69 Å². The van der Waals surface area contributed by atoms with Crippen LogP contribution in [0.15, 0.2) is 53.3 Å². The van der Waals surface area contributed by atoms with Crippen molar-refractivity contribution in [2.24, 2.45) is 5.92 Å². The summed E-state index contributed by atoms with van der Waals surface area (Å²) < 4.78 is 1.69. The molecule has 0 spiro atoms. The molecule has 4 rings (SSSR count). The first-order valence-electron chi connectivity index (χ1n) is 12.4. The van der Waals surface area contributed by atoms with E-state index >= 15 is 0 Å². The molecule has 1 atom stereocenters. The standard InChI is InChI=1S/C28H35N3O2/c1-4-21-14-17-23(18-15-21)31-27(29-25-13-9-8-12-24(25)28(31)33)20(3)30(5-2)26(32)19-16-22-10-6-7-11-22/h8-9,12-15,17-18,20,22H,4-7,10-11,16,19H2,1-3H3. The Morgan fingerprint density at radius 2 is 1.79 bits per heavy atom. The van der Waals surface area contributed by atoms with E-state index in [9.17, 15) is 9.59 Å². The fraction of sp³-hybridized carbons (Fsp3) is 0.464. The Kier molecular flexibility index (Phi) is 7.26. The zero-order valence-electron chi connectivity index (χ0n) is 20.1. The van der Waals surface area contributed by atoms with E-state index in [0.717, 1.165) is 18.5 Å². The van der Waals surface area contributed by atoms with Crippen LogP contribution >= 0.6 is 0 Å². The van der Waals surface area contributed by atoms with Crippen LogP contribution in [0.4, 0.5) is 0 Å². The maximum Gasteiger partial charge on any atom is 0.266 e. The Labute approximate surface area is 196 Å². The summed E-state index contributed by atoms with van der Waals surface area (Å²) in [6.07, 6.45) is 7.52. The summed E-state index contributed by atoms with van der Waals surface area (Å²) in [6.45, 7) is 6.69. The lowest BCUT2D eigenvalue weighted by Gasteiger charge is -2.30. The molecule has 1 heterocycles. The topological polar surface area (TPSA) is 55.2 Å². The monoisotopic (exact) mass is 445 g/mol. The highest BCUT2D eigenvalue weighted by Crippen LogP contribution is 2.30. The number of para-hydroxylation sites is 1. The van der Waals surface area contributed by atoms with Crippen LogP contribution in [0.25, 0.3) is 16.6 Å². The van der Waals surface area contributed by atoms with Crippen LogP contribution in [0.3, 0.4) is 0 Å². The highest BCUT2D eigenvalue weighted by atomic mass is 16.2. The van der Waals surface area contributed by atoms with Crippen molar-refractivity contribution in [2.45, 2.75) is 71.8 Å². The summed E-state index contributed by atoms with van der Waals surface area (Å²) in [4.78, 5) is 33.6. The van der Waals surface area contributed by atoms with Crippen LogP contribution in [-0.2, 0) is 11.2 Å². The predicted octanol–water partition coefficient (Wildman–Crippen LogP) is 5.83. The number of benzene rings is 2. The molecule has 5 heteroatoms. The molecule has 3 aromatic rings. The number of hydrogen-bond donors (Lipinski definition) is 0. The average molecular weight is 446 g/mol. The molecule has 2 aromatic carbocycles. The summed E-state index contributed by atoms with van der Waals surface area (Å²) in [5.74, 6) is 1.43. The lowest BCUT2D eigenvalue weighted by Crippen LogP contribution is -2.37. The van der Waals surface area contributed by atoms with Crippen LogP contribution < -0.4 is 5.56 Å². The maximum atomic E-state index is 13.6. The van der Waals surface area contributed by atoms with E-state index in [-0.39, 0.29) is 17.5 Å². The molecular formula is C28H35N3O2. The molecule has 1 fully saturated rings. The number of hydrogen-bond acceptors (Lipinski definition) is 3. The average Bonchev–Trinajstić information content (AvgIpc) is 3.37. The van der Waals surface area contributed by atoms with E-state index < -0.39 is 0 Å². The van der Waals surface area contributed by atoms with Crippen LogP contribution in [0.1, 0.15) is 76.7 Å². The molecule has 1 aliphatic carbocycles. The number of carbonyl (C=O) groups is 1. The molecule has 1 saturated carbocycles. The van der Waals surface area contributed by atoms with Crippen molar-refractivity contribution in [1.82, 2.24) is 14.5 Å². The molecule has 0 radical (unpaired) electrons. The Hall–Kier alpha value is -2.95. The van der Waals surface area contributed by atoms with Gasteiger partial charge in [0.05, 0.1) is 22.6 Å². The van der Waals surface area contributed by atoms with Crippen molar-refractivity contribution in [1.29, 1.82) is 0 Å². The molecule has 33 heavy (non-hydrogen) atoms. The molecular weight excluding hydrogens is 410 g/mol. The van der Waals surface area contributed by atoms with E-state index in [2.05, 4.69) is 19.1 Å². The normalized spacial score (nSPS) is 15.1. The van der Waals surface area contributed by atoms with Gasteiger partial charge in [0.25, 0.3) is 5.56 Å². The second-order valence-corrected chi connectivity index (χ2v) is 9.19. The minimum absolute atomic E-state index is 0.0962. The first-order valence-corrected chi connectivity index (χ1v) is 12.4. The molecule has 5 nitrogen and oxygen atoms in total. The molecule has 1 aliphatic rings. The highest BCUT2D eigenvalue weighted by Gasteiger charge is 2.26. The zero-order valence-corrected chi connectivity index (χ0v) is 20.1. The quantitative estimate of drug-likeness (QED) is 0.438. The SMILES string of the molecule is CCc1ccc(-n2c(C(C)N(CC)C(=O)CCC3CCCC3)nc3ccccc3c2=O)cc1. The maximum absolute atomic E-state index is 13.6. The highest BCUT2D eigenvalue weighted by molar-refractivity contribution is 5.79. The van der Waals surface area contributed by atoms with Gasteiger partial charge in [-0.15, -0.1) is 0 Å². The van der Waals surface area contributed by atoms with Gasteiger partial charge in [-0.3, -0.25) is 14.2 Å². The van der Waals surface area contributed by atoms with Crippen molar-refractivity contribution >= 4 is 16.8 Å². The zero-order chi connectivity index (χ0) is 23.4. The summed E-state index contributed by atoms with van der Waals surface area (Å²) in [6, 6.07) is 15.2. The number of aromatic nitrogens is 2. The predicted molar refractivity (Wildman–Crippen MR) is 134 cm³/mol. The van der Waals surface area contributed by atoms with E-state index in [1.165, 1.54) is 31.2 Å². The van der Waals surface area contributed by atoms with Crippen molar-refractivity contribution in [2.75, 3.05) is 6.54 Å². The Morgan fingerprint density at radius 1 is 1.09 bits per heavy atom. The first kappa shape index (κ1) is 23.2. The minimum Gasteiger partial charge on any atom is -0.333 e. The number of amides is 1. The van der Waals surface area contributed by atoms with Crippen LogP contribution in [0.5, 0.6) is 0 Å². The molecule has 0 N–H and O–H groups in total. The third-order valence-corrected chi connectivity index (χ3v) is 7.15. The molecule has 0 bridgehead atoms. The van der Waals surface area contributed by atoms with Gasteiger partial charge in [-0.05, 0) is 62.4 Å². The van der Waals surface area contributed by atoms with E-state index in [1.54, 1.807) is 4.57 Å². The third-order valence-electron chi connectivity index (χ3n) is 7.15. The van der Waals surface area contributed by atoms with Gasteiger partial charge < -0.3 is 4.90 Å². The third kappa shape index (κ3) is 4.87. The van der Waals surface area contributed by atoms with Gasteiger partial charge in [0.1, 0.15) is 5.82 Å². The molecule has 1 aromatic heterocycles. The molecule has 0 saturated heterocycles. The Bertz CT molecular complexity index is 1160. The molecule has 174 valence electrons. The molecule has 1 unspecified atom stereocenters. The largest absolute Gasteiger partial charge is 0.333 e. The second-order valence-electron chi connectivity index (χ2n) is 9.19. The van der Waals surface area contributed by atoms with Crippen molar-refractivity contribution < 1.29 is 4.79 Å². The number of fused-ring (bicyclic) bond motifs is 1. The van der Waals surface area contributed by atoms with Gasteiger partial charge in [-0.1, -0.05) is 56.9 Å². The Balaban J connectivity index is 1.73. The smallest absolute Gasteiger partial charge is 0.266 e. The van der Waals surface area contributed by atoms with E-state index in [0.29, 0.717) is 35.6 Å². The number of carbonyl (C=O) groups excluding carboxylic acids is 1. The summed E-state index contributed by atoms with van der Waals surface area (Å²) >= 11 is 0. The second kappa shape index (κ2) is 10.3. The molecule has 0 aliphatic heterocycles. The number of rotatable bonds is 8.